The van der Waals surface area contributed by atoms with Crippen LogP contribution in [0.4, 0.5) is 20.2 Å². The number of halogens is 3. The highest BCUT2D eigenvalue weighted by Gasteiger charge is 2.34. The molecule has 0 spiro atoms. The second-order valence-corrected chi connectivity index (χ2v) is 9.79. The van der Waals surface area contributed by atoms with Crippen molar-refractivity contribution in [3.8, 4) is 5.75 Å². The predicted octanol–water partition coefficient (Wildman–Crippen LogP) is 4.05. The van der Waals surface area contributed by atoms with Gasteiger partial charge in [-0.15, -0.1) is 0 Å². The van der Waals surface area contributed by atoms with Crippen molar-refractivity contribution in [2.45, 2.75) is 11.0 Å². The van der Waals surface area contributed by atoms with Crippen LogP contribution in [0.25, 0.3) is 0 Å². The number of nitrogens with zero attached hydrogens (tertiary/aromatic N) is 1. The molecule has 2 N–H and O–H groups in total. The van der Waals surface area contributed by atoms with Crippen LogP contribution in [0.2, 0.25) is 5.02 Å². The Morgan fingerprint density at radius 3 is 2.56 bits per heavy atom. The number of anilines is 2. The van der Waals surface area contributed by atoms with Crippen molar-refractivity contribution in [2.75, 3.05) is 29.8 Å². The maximum absolute atomic E-state index is 14.1. The van der Waals surface area contributed by atoms with Crippen molar-refractivity contribution in [2.24, 2.45) is 0 Å². The molecule has 1 atom stereocenters. The Bertz CT molecular complexity index is 1320. The van der Waals surface area contributed by atoms with Gasteiger partial charge in [0.15, 0.2) is 0 Å². The normalized spacial score (nSPS) is 15.4. The molecule has 0 aliphatic carbocycles. The predicted molar refractivity (Wildman–Crippen MR) is 125 cm³/mol. The lowest BCUT2D eigenvalue weighted by atomic mass is 10.1. The number of amides is 1. The number of carbonyl (C=O) groups is 1. The molecule has 0 aromatic heterocycles. The van der Waals surface area contributed by atoms with Crippen LogP contribution in [0.15, 0.2) is 65.6 Å². The summed E-state index contributed by atoms with van der Waals surface area (Å²) in [5, 5.41) is 5.43. The van der Waals surface area contributed by atoms with Crippen LogP contribution in [-0.2, 0) is 10.0 Å². The third-order valence-electron chi connectivity index (χ3n) is 5.17. The Kier molecular flexibility index (Phi) is 6.74. The van der Waals surface area contributed by atoms with E-state index < -0.39 is 33.7 Å². The fourth-order valence-corrected chi connectivity index (χ4v) is 5.34. The molecule has 3 aromatic carbocycles. The van der Waals surface area contributed by atoms with Crippen LogP contribution in [0.5, 0.6) is 5.75 Å². The first kappa shape index (κ1) is 23.9. The lowest BCUT2D eigenvalue weighted by Gasteiger charge is -2.35. The highest BCUT2D eigenvalue weighted by molar-refractivity contribution is 7.92. The number of benzene rings is 3. The van der Waals surface area contributed by atoms with Gasteiger partial charge in [0.2, 0.25) is 0 Å². The maximum atomic E-state index is 14.1. The molecule has 1 aliphatic heterocycles. The Balaban J connectivity index is 1.72. The first-order valence-electron chi connectivity index (χ1n) is 10.2. The quantitative estimate of drug-likeness (QED) is 0.525. The summed E-state index contributed by atoms with van der Waals surface area (Å²) in [4.78, 5) is 12.6. The minimum Gasteiger partial charge on any atom is -0.485 e. The van der Waals surface area contributed by atoms with Gasteiger partial charge in [-0.25, -0.2) is 17.2 Å². The molecule has 3 aromatic rings. The average Bonchev–Trinajstić information content (AvgIpc) is 2.79. The molecule has 1 aliphatic rings. The van der Waals surface area contributed by atoms with Crippen molar-refractivity contribution in [3.63, 3.8) is 0 Å². The summed E-state index contributed by atoms with van der Waals surface area (Å²) in [6, 6.07) is 12.8. The zero-order valence-electron chi connectivity index (χ0n) is 17.9. The number of likely N-dealkylation sites (N-methyl/N-ethyl adjacent to an activating group) is 1. The largest absolute Gasteiger partial charge is 0.485 e. The number of fused-ring (bicyclic) bond motifs is 1. The number of nitrogens with one attached hydrogen (secondary N) is 2. The number of hydrogen-bond donors (Lipinski definition) is 2. The van der Waals surface area contributed by atoms with Gasteiger partial charge < -0.3 is 15.4 Å². The van der Waals surface area contributed by atoms with E-state index >= 15 is 0 Å². The van der Waals surface area contributed by atoms with Crippen molar-refractivity contribution < 1.29 is 26.7 Å². The Morgan fingerprint density at radius 2 is 1.88 bits per heavy atom. The van der Waals surface area contributed by atoms with E-state index in [0.717, 1.165) is 22.5 Å². The Morgan fingerprint density at radius 1 is 1.15 bits per heavy atom. The molecule has 0 saturated carbocycles. The number of hydrogen-bond acceptors (Lipinski definition) is 5. The van der Waals surface area contributed by atoms with Gasteiger partial charge in [0.1, 0.15) is 23.5 Å². The smallest absolute Gasteiger partial charge is 0.264 e. The molecule has 0 radical (unpaired) electrons. The van der Waals surface area contributed by atoms with Gasteiger partial charge in [-0.2, -0.15) is 0 Å². The molecular formula is C23H20ClF2N3O4S. The third-order valence-corrected chi connectivity index (χ3v) is 7.28. The molecular weight excluding hydrogens is 488 g/mol. The molecule has 1 amide bonds. The van der Waals surface area contributed by atoms with Crippen molar-refractivity contribution in [1.29, 1.82) is 0 Å². The van der Waals surface area contributed by atoms with Gasteiger partial charge in [0.25, 0.3) is 15.9 Å². The summed E-state index contributed by atoms with van der Waals surface area (Å²) in [5.41, 5.74) is 0.0511. The molecule has 0 bridgehead atoms. The third kappa shape index (κ3) is 4.70. The van der Waals surface area contributed by atoms with E-state index in [1.807, 2.05) is 0 Å². The van der Waals surface area contributed by atoms with Crippen molar-refractivity contribution in [1.82, 2.24) is 5.32 Å². The minimum atomic E-state index is -4.09. The van der Waals surface area contributed by atoms with Gasteiger partial charge in [0.05, 0.1) is 27.7 Å². The lowest BCUT2D eigenvalue weighted by molar-refractivity contribution is 0.102. The maximum Gasteiger partial charge on any atom is 0.264 e. The van der Waals surface area contributed by atoms with Crippen LogP contribution in [-0.4, -0.2) is 40.6 Å². The molecule has 0 fully saturated rings. The van der Waals surface area contributed by atoms with E-state index in [1.54, 1.807) is 7.05 Å². The molecule has 4 rings (SSSR count). The van der Waals surface area contributed by atoms with E-state index in [-0.39, 0.29) is 39.2 Å². The summed E-state index contributed by atoms with van der Waals surface area (Å²) in [6.45, 7) is 0.350. The van der Waals surface area contributed by atoms with E-state index in [2.05, 4.69) is 10.6 Å². The molecule has 11 heteroatoms. The van der Waals surface area contributed by atoms with Crippen LogP contribution in [0.3, 0.4) is 0 Å². The van der Waals surface area contributed by atoms with E-state index in [1.165, 1.54) is 42.5 Å². The van der Waals surface area contributed by atoms with Gasteiger partial charge >= 0.3 is 0 Å². The Hall–Kier alpha value is -3.21. The van der Waals surface area contributed by atoms with Crippen molar-refractivity contribution >= 4 is 38.9 Å². The van der Waals surface area contributed by atoms with Crippen LogP contribution < -0.4 is 19.7 Å². The van der Waals surface area contributed by atoms with E-state index in [4.69, 9.17) is 16.3 Å². The van der Waals surface area contributed by atoms with E-state index in [0.29, 0.717) is 6.54 Å². The van der Waals surface area contributed by atoms with Crippen LogP contribution in [0, 0.1) is 11.6 Å². The SMILES string of the molecule is CNCC1CN(S(=O)(=O)c2ccc(F)cc2)c2cc(NC(=O)c3c(F)cccc3Cl)ccc2O1. The first-order chi connectivity index (χ1) is 16.2. The van der Waals surface area contributed by atoms with Crippen LogP contribution >= 0.6 is 11.6 Å². The zero-order chi connectivity index (χ0) is 24.5. The molecule has 7 nitrogen and oxygen atoms in total. The highest BCUT2D eigenvalue weighted by atomic mass is 35.5. The van der Waals surface area contributed by atoms with Crippen LogP contribution in [0.1, 0.15) is 10.4 Å². The molecule has 178 valence electrons. The topological polar surface area (TPSA) is 87.7 Å². The number of sulfonamides is 1. The van der Waals surface area contributed by atoms with Crippen molar-refractivity contribution in [3.05, 3.63) is 82.9 Å². The molecule has 1 heterocycles. The van der Waals surface area contributed by atoms with Gasteiger partial charge in [-0.05, 0) is 61.6 Å². The van der Waals surface area contributed by atoms with Gasteiger partial charge in [0, 0.05) is 12.2 Å². The number of ether oxygens (including phenoxy) is 1. The summed E-state index contributed by atoms with van der Waals surface area (Å²) in [7, 11) is -2.38. The second kappa shape index (κ2) is 9.57. The van der Waals surface area contributed by atoms with Gasteiger partial charge in [-0.1, -0.05) is 17.7 Å². The molecule has 1 unspecified atom stereocenters. The highest BCUT2D eigenvalue weighted by Crippen LogP contribution is 2.39. The van der Waals surface area contributed by atoms with Gasteiger partial charge in [-0.3, -0.25) is 9.10 Å². The summed E-state index contributed by atoms with van der Waals surface area (Å²) in [6.07, 6.45) is -0.495. The summed E-state index contributed by atoms with van der Waals surface area (Å²) in [5.74, 6) is -1.87. The lowest BCUT2D eigenvalue weighted by Crippen LogP contribution is -2.47. The molecule has 0 saturated heterocycles. The molecule has 34 heavy (non-hydrogen) atoms. The van der Waals surface area contributed by atoms with E-state index in [9.17, 15) is 22.0 Å². The minimum absolute atomic E-state index is 0.0237. The standard InChI is InChI=1S/C23H20ClF2N3O4S/c1-27-12-16-13-29(34(31,32)17-8-5-14(25)6-9-17)20-11-15(7-10-21(20)33-16)28-23(30)22-18(24)3-2-4-19(22)26/h2-11,16,27H,12-13H2,1H3,(H,28,30). The fraction of sp³-hybridized carbons (Fsp3) is 0.174. The summed E-state index contributed by atoms with van der Waals surface area (Å²) >= 11 is 5.97. The average molecular weight is 508 g/mol. The zero-order valence-corrected chi connectivity index (χ0v) is 19.5. The Labute approximate surface area is 200 Å². The first-order valence-corrected chi connectivity index (χ1v) is 12.0. The fourth-order valence-electron chi connectivity index (χ4n) is 3.59. The number of rotatable bonds is 6. The summed E-state index contributed by atoms with van der Waals surface area (Å²) < 4.78 is 61.4. The number of carbonyl (C=O) groups excluding carboxylic acids is 1. The second-order valence-electron chi connectivity index (χ2n) is 7.52. The monoisotopic (exact) mass is 507 g/mol.